The van der Waals surface area contributed by atoms with Crippen LogP contribution < -0.4 is 0 Å². The van der Waals surface area contributed by atoms with Gasteiger partial charge in [-0.2, -0.15) is 0 Å². The smallest absolute Gasteiger partial charge is 0.0541 e. The van der Waals surface area contributed by atoms with Gasteiger partial charge in [0.05, 0.1) is 16.7 Å². The van der Waals surface area contributed by atoms with Crippen LogP contribution in [0.15, 0.2) is 140 Å². The van der Waals surface area contributed by atoms with Gasteiger partial charge >= 0.3 is 0 Å². The van der Waals surface area contributed by atoms with Crippen LogP contribution in [0.3, 0.4) is 0 Å². The summed E-state index contributed by atoms with van der Waals surface area (Å²) in [6.07, 6.45) is 0. The molecular formula is C36H24N2. The van der Waals surface area contributed by atoms with Crippen LogP contribution in [-0.2, 0) is 0 Å². The van der Waals surface area contributed by atoms with E-state index < -0.39 is 0 Å². The molecule has 1 N–H and O–H groups in total. The number of rotatable bonds is 3. The van der Waals surface area contributed by atoms with Crippen molar-refractivity contribution in [3.05, 3.63) is 140 Å². The van der Waals surface area contributed by atoms with Gasteiger partial charge in [0, 0.05) is 38.1 Å². The molecule has 0 aliphatic heterocycles. The van der Waals surface area contributed by atoms with Gasteiger partial charge in [-0.1, -0.05) is 103 Å². The minimum absolute atomic E-state index is 1.17. The third-order valence-electron chi connectivity index (χ3n) is 7.74. The van der Waals surface area contributed by atoms with E-state index in [1.54, 1.807) is 0 Å². The SMILES string of the molecule is c1ccc(-c2ccccc2-n2c3ccccc3c3cc(-c4ccc5c(c4)[nH]c4ccccc45)ccc32)cc1. The van der Waals surface area contributed by atoms with E-state index in [9.17, 15) is 0 Å². The Labute approximate surface area is 220 Å². The van der Waals surface area contributed by atoms with E-state index in [1.165, 1.54) is 71.6 Å². The molecule has 0 amide bonds. The molecule has 0 saturated carbocycles. The topological polar surface area (TPSA) is 20.7 Å². The first-order chi connectivity index (χ1) is 18.8. The van der Waals surface area contributed by atoms with Gasteiger partial charge in [-0.3, -0.25) is 0 Å². The second-order valence-corrected chi connectivity index (χ2v) is 9.90. The normalized spacial score (nSPS) is 11.7. The molecule has 0 fully saturated rings. The Bertz CT molecular complexity index is 2130. The minimum Gasteiger partial charge on any atom is -0.354 e. The maximum Gasteiger partial charge on any atom is 0.0541 e. The lowest BCUT2D eigenvalue weighted by atomic mass is 10.0. The van der Waals surface area contributed by atoms with Gasteiger partial charge in [-0.15, -0.1) is 0 Å². The van der Waals surface area contributed by atoms with Crippen LogP contribution in [0.5, 0.6) is 0 Å². The number of para-hydroxylation sites is 3. The van der Waals surface area contributed by atoms with Crippen molar-refractivity contribution in [2.45, 2.75) is 0 Å². The Kier molecular flexibility index (Phi) is 4.55. The lowest BCUT2D eigenvalue weighted by Gasteiger charge is -2.14. The summed E-state index contributed by atoms with van der Waals surface area (Å²) in [5.74, 6) is 0. The fourth-order valence-electron chi connectivity index (χ4n) is 5.98. The molecule has 0 atom stereocenters. The van der Waals surface area contributed by atoms with Gasteiger partial charge in [-0.25, -0.2) is 0 Å². The van der Waals surface area contributed by atoms with Crippen molar-refractivity contribution in [1.82, 2.24) is 9.55 Å². The number of nitrogens with zero attached hydrogens (tertiary/aromatic N) is 1. The average Bonchev–Trinajstić information content (AvgIpc) is 3.52. The number of benzene rings is 6. The Morgan fingerprint density at radius 2 is 1.05 bits per heavy atom. The standard InChI is InChI=1S/C36H24N2/c1-2-10-24(11-3-1)27-12-5-8-16-34(27)38-35-17-9-6-14-30(35)31-22-25(19-21-36(31)38)26-18-20-29-28-13-4-7-15-32(28)37-33(29)23-26/h1-23,37H. The summed E-state index contributed by atoms with van der Waals surface area (Å²) in [6, 6.07) is 50.2. The maximum absolute atomic E-state index is 3.60. The molecule has 0 spiro atoms. The molecule has 178 valence electrons. The van der Waals surface area contributed by atoms with Crippen LogP contribution in [0.25, 0.3) is 71.6 Å². The highest BCUT2D eigenvalue weighted by molar-refractivity contribution is 6.12. The molecule has 0 aliphatic carbocycles. The maximum atomic E-state index is 3.60. The molecule has 2 heteroatoms. The van der Waals surface area contributed by atoms with Crippen molar-refractivity contribution in [3.8, 4) is 27.9 Å². The van der Waals surface area contributed by atoms with Crippen molar-refractivity contribution in [2.24, 2.45) is 0 Å². The molecule has 0 saturated heterocycles. The highest BCUT2D eigenvalue weighted by Gasteiger charge is 2.16. The van der Waals surface area contributed by atoms with Crippen molar-refractivity contribution in [1.29, 1.82) is 0 Å². The summed E-state index contributed by atoms with van der Waals surface area (Å²) in [5.41, 5.74) is 10.8. The third kappa shape index (κ3) is 3.14. The fraction of sp³-hybridized carbons (Fsp3) is 0. The number of hydrogen-bond acceptors (Lipinski definition) is 0. The summed E-state index contributed by atoms with van der Waals surface area (Å²) in [6.45, 7) is 0. The number of aromatic amines is 1. The van der Waals surface area contributed by atoms with E-state index >= 15 is 0 Å². The Hall–Kier alpha value is -5.08. The first-order valence-electron chi connectivity index (χ1n) is 13.0. The number of aromatic nitrogens is 2. The van der Waals surface area contributed by atoms with E-state index in [-0.39, 0.29) is 0 Å². The second kappa shape index (κ2) is 8.22. The molecule has 2 heterocycles. The number of hydrogen-bond donors (Lipinski definition) is 1. The van der Waals surface area contributed by atoms with E-state index in [0.29, 0.717) is 0 Å². The van der Waals surface area contributed by atoms with Crippen molar-refractivity contribution < 1.29 is 0 Å². The van der Waals surface area contributed by atoms with Crippen molar-refractivity contribution in [3.63, 3.8) is 0 Å². The second-order valence-electron chi connectivity index (χ2n) is 9.90. The molecule has 8 aromatic rings. The summed E-state index contributed by atoms with van der Waals surface area (Å²) < 4.78 is 2.41. The third-order valence-corrected chi connectivity index (χ3v) is 7.74. The van der Waals surface area contributed by atoms with Gasteiger partial charge in [-0.05, 0) is 53.1 Å². The molecule has 38 heavy (non-hydrogen) atoms. The van der Waals surface area contributed by atoms with E-state index in [4.69, 9.17) is 0 Å². The first kappa shape index (κ1) is 21.0. The zero-order valence-electron chi connectivity index (χ0n) is 20.7. The molecule has 0 radical (unpaired) electrons. The van der Waals surface area contributed by atoms with Crippen LogP contribution in [0.4, 0.5) is 0 Å². The zero-order valence-corrected chi connectivity index (χ0v) is 20.7. The van der Waals surface area contributed by atoms with Gasteiger partial charge in [0.1, 0.15) is 0 Å². The highest BCUT2D eigenvalue weighted by Crippen LogP contribution is 2.38. The van der Waals surface area contributed by atoms with Crippen LogP contribution in [0, 0.1) is 0 Å². The molecular weight excluding hydrogens is 460 g/mol. The highest BCUT2D eigenvalue weighted by atomic mass is 15.0. The largest absolute Gasteiger partial charge is 0.354 e. The van der Waals surface area contributed by atoms with Gasteiger partial charge < -0.3 is 9.55 Å². The predicted octanol–water partition coefficient (Wildman–Crippen LogP) is 9.75. The molecule has 8 rings (SSSR count). The van der Waals surface area contributed by atoms with Crippen LogP contribution in [0.2, 0.25) is 0 Å². The fourth-order valence-corrected chi connectivity index (χ4v) is 5.98. The van der Waals surface area contributed by atoms with E-state index in [0.717, 1.165) is 0 Å². The monoisotopic (exact) mass is 484 g/mol. The average molecular weight is 485 g/mol. The summed E-state index contributed by atoms with van der Waals surface area (Å²) in [7, 11) is 0. The lowest BCUT2D eigenvalue weighted by Crippen LogP contribution is -1.96. The number of nitrogens with one attached hydrogen (secondary N) is 1. The quantitative estimate of drug-likeness (QED) is 0.258. The molecule has 2 aromatic heterocycles. The summed E-state index contributed by atoms with van der Waals surface area (Å²) >= 11 is 0. The summed E-state index contributed by atoms with van der Waals surface area (Å²) in [4.78, 5) is 3.60. The number of fused-ring (bicyclic) bond motifs is 6. The van der Waals surface area contributed by atoms with Crippen molar-refractivity contribution >= 4 is 43.6 Å². The van der Waals surface area contributed by atoms with E-state index in [1.807, 2.05) is 0 Å². The van der Waals surface area contributed by atoms with Gasteiger partial charge in [0.15, 0.2) is 0 Å². The molecule has 0 unspecified atom stereocenters. The summed E-state index contributed by atoms with van der Waals surface area (Å²) in [5, 5.41) is 5.06. The molecule has 0 aliphatic rings. The Morgan fingerprint density at radius 1 is 0.395 bits per heavy atom. The molecule has 2 nitrogen and oxygen atoms in total. The zero-order chi connectivity index (χ0) is 25.1. The van der Waals surface area contributed by atoms with Crippen LogP contribution in [-0.4, -0.2) is 9.55 Å². The first-order valence-corrected chi connectivity index (χ1v) is 13.0. The van der Waals surface area contributed by atoms with Gasteiger partial charge in [0.2, 0.25) is 0 Å². The molecule has 0 bridgehead atoms. The Morgan fingerprint density at radius 3 is 1.97 bits per heavy atom. The predicted molar refractivity (Wildman–Crippen MR) is 161 cm³/mol. The Balaban J connectivity index is 1.35. The van der Waals surface area contributed by atoms with Crippen molar-refractivity contribution in [2.75, 3.05) is 0 Å². The van der Waals surface area contributed by atoms with Crippen LogP contribution >= 0.6 is 0 Å². The van der Waals surface area contributed by atoms with Crippen LogP contribution in [0.1, 0.15) is 0 Å². The van der Waals surface area contributed by atoms with Gasteiger partial charge in [0.25, 0.3) is 0 Å². The molecule has 6 aromatic carbocycles. The number of H-pyrrole nitrogens is 1. The minimum atomic E-state index is 1.17. The van der Waals surface area contributed by atoms with E-state index in [2.05, 4.69) is 149 Å². The lowest BCUT2D eigenvalue weighted by molar-refractivity contribution is 1.18.